The number of halogens is 1. The fourth-order valence-corrected chi connectivity index (χ4v) is 5.36. The zero-order chi connectivity index (χ0) is 24.3. The highest BCUT2D eigenvalue weighted by molar-refractivity contribution is 7.91. The van der Waals surface area contributed by atoms with Crippen molar-refractivity contribution < 1.29 is 27.8 Å². The van der Waals surface area contributed by atoms with Gasteiger partial charge >= 0.3 is 5.97 Å². The van der Waals surface area contributed by atoms with Gasteiger partial charge in [0, 0.05) is 17.3 Å². The Labute approximate surface area is 202 Å². The Kier molecular flexibility index (Phi) is 7.11. The molecule has 0 amide bonds. The van der Waals surface area contributed by atoms with Gasteiger partial charge in [-0.2, -0.15) is 5.10 Å². The van der Waals surface area contributed by atoms with Crippen molar-refractivity contribution in [2.75, 3.05) is 13.0 Å². The van der Waals surface area contributed by atoms with Crippen LogP contribution in [0.4, 0.5) is 0 Å². The minimum absolute atomic E-state index is 0.0738. The molecule has 1 aliphatic rings. The fraction of sp³-hybridized carbons (Fsp3) is 0.304. The van der Waals surface area contributed by atoms with Gasteiger partial charge in [0.15, 0.2) is 9.84 Å². The number of fused-ring (bicyclic) bond motifs is 1. The molecule has 0 fully saturated rings. The SMILES string of the molecule is COc1ccc(Oc2ccc(S(=O)(=O)CN[C@@H]3CCCc4c3cnn4CC(=O)O)cc2Cl)cc1. The molecular weight excluding hydrogens is 482 g/mol. The molecule has 1 aliphatic carbocycles. The van der Waals surface area contributed by atoms with Crippen LogP contribution in [0, 0.1) is 0 Å². The van der Waals surface area contributed by atoms with Crippen LogP contribution < -0.4 is 14.8 Å². The summed E-state index contributed by atoms with van der Waals surface area (Å²) in [6, 6.07) is 11.1. The lowest BCUT2D eigenvalue weighted by Crippen LogP contribution is -2.30. The van der Waals surface area contributed by atoms with Crippen molar-refractivity contribution in [1.82, 2.24) is 15.1 Å². The molecule has 0 bridgehead atoms. The summed E-state index contributed by atoms with van der Waals surface area (Å²) in [5, 5.41) is 16.5. The average Bonchev–Trinajstić information content (AvgIpc) is 3.22. The second kappa shape index (κ2) is 10.0. The Morgan fingerprint density at radius 3 is 2.65 bits per heavy atom. The fourth-order valence-electron chi connectivity index (χ4n) is 3.92. The number of hydrogen-bond acceptors (Lipinski definition) is 7. The van der Waals surface area contributed by atoms with Gasteiger partial charge in [-0.3, -0.25) is 14.8 Å². The number of carboxylic acid groups (broad SMARTS) is 1. The predicted octanol–water partition coefficient (Wildman–Crippen LogP) is 3.82. The predicted molar refractivity (Wildman–Crippen MR) is 125 cm³/mol. The van der Waals surface area contributed by atoms with E-state index in [2.05, 4.69) is 10.4 Å². The maximum absolute atomic E-state index is 13.0. The molecule has 0 spiro atoms. The van der Waals surface area contributed by atoms with Crippen molar-refractivity contribution >= 4 is 27.4 Å². The molecule has 2 aromatic carbocycles. The molecule has 1 atom stereocenters. The first-order valence-electron chi connectivity index (χ1n) is 10.6. The lowest BCUT2D eigenvalue weighted by Gasteiger charge is -2.24. The topological polar surface area (TPSA) is 120 Å². The van der Waals surface area contributed by atoms with Gasteiger partial charge in [-0.1, -0.05) is 11.6 Å². The van der Waals surface area contributed by atoms with Crippen LogP contribution in [0.25, 0.3) is 0 Å². The summed E-state index contributed by atoms with van der Waals surface area (Å²) < 4.78 is 38.2. The van der Waals surface area contributed by atoms with E-state index in [-0.39, 0.29) is 28.4 Å². The van der Waals surface area contributed by atoms with E-state index >= 15 is 0 Å². The minimum atomic E-state index is -3.68. The number of nitrogens with one attached hydrogen (secondary N) is 1. The molecule has 0 radical (unpaired) electrons. The van der Waals surface area contributed by atoms with E-state index in [9.17, 15) is 13.2 Å². The Morgan fingerprint density at radius 1 is 1.24 bits per heavy atom. The standard InChI is InChI=1S/C23H24ClN3O6S/c1-32-15-5-7-16(8-6-15)33-22-10-9-17(11-19(22)24)34(30,31)14-25-20-3-2-4-21-18(20)12-26-27(21)13-23(28)29/h5-12,20,25H,2-4,13-14H2,1H3,(H,28,29)/t20-/m1/s1. The number of carboxylic acids is 1. The zero-order valence-corrected chi connectivity index (χ0v) is 20.0. The molecule has 0 unspecified atom stereocenters. The van der Waals surface area contributed by atoms with Crippen molar-refractivity contribution in [1.29, 1.82) is 0 Å². The molecule has 3 aromatic rings. The maximum atomic E-state index is 13.0. The number of hydrogen-bond donors (Lipinski definition) is 2. The summed E-state index contributed by atoms with van der Waals surface area (Å²) >= 11 is 6.31. The molecule has 11 heteroatoms. The van der Waals surface area contributed by atoms with Crippen molar-refractivity contribution in [3.63, 3.8) is 0 Å². The van der Waals surface area contributed by atoms with E-state index in [1.54, 1.807) is 37.6 Å². The summed E-state index contributed by atoms with van der Waals surface area (Å²) in [5.41, 5.74) is 1.66. The lowest BCUT2D eigenvalue weighted by atomic mass is 9.93. The van der Waals surface area contributed by atoms with Crippen LogP contribution in [0.3, 0.4) is 0 Å². The number of sulfone groups is 1. The highest BCUT2D eigenvalue weighted by atomic mass is 35.5. The van der Waals surface area contributed by atoms with Crippen molar-refractivity contribution in [3.05, 3.63) is 64.9 Å². The summed E-state index contributed by atoms with van der Waals surface area (Å²) in [4.78, 5) is 11.1. The monoisotopic (exact) mass is 505 g/mol. The van der Waals surface area contributed by atoms with E-state index in [0.29, 0.717) is 23.7 Å². The number of carbonyl (C=O) groups is 1. The Morgan fingerprint density at radius 2 is 1.97 bits per heavy atom. The second-order valence-corrected chi connectivity index (χ2v) is 10.3. The summed E-state index contributed by atoms with van der Waals surface area (Å²) in [7, 11) is -2.11. The van der Waals surface area contributed by atoms with Gasteiger partial charge in [0.2, 0.25) is 0 Å². The molecule has 4 rings (SSSR count). The van der Waals surface area contributed by atoms with Crippen LogP contribution >= 0.6 is 11.6 Å². The maximum Gasteiger partial charge on any atom is 0.325 e. The summed E-state index contributed by atoms with van der Waals surface area (Å²) in [6.07, 6.45) is 3.86. The van der Waals surface area contributed by atoms with Gasteiger partial charge in [-0.15, -0.1) is 0 Å². The van der Waals surface area contributed by atoms with Crippen LogP contribution in [0.15, 0.2) is 53.6 Å². The number of methoxy groups -OCH3 is 1. The van der Waals surface area contributed by atoms with Crippen LogP contribution in [0.1, 0.15) is 30.1 Å². The highest BCUT2D eigenvalue weighted by Crippen LogP contribution is 2.33. The van der Waals surface area contributed by atoms with E-state index in [1.807, 2.05) is 0 Å². The number of benzene rings is 2. The van der Waals surface area contributed by atoms with Gasteiger partial charge in [0.25, 0.3) is 0 Å². The number of ether oxygens (including phenoxy) is 2. The molecule has 1 heterocycles. The van der Waals surface area contributed by atoms with Gasteiger partial charge in [0.05, 0.1) is 23.2 Å². The molecule has 1 aromatic heterocycles. The number of aliphatic carboxylic acids is 1. The molecular formula is C23H24ClN3O6S. The molecule has 180 valence electrons. The van der Waals surface area contributed by atoms with Crippen LogP contribution in [-0.4, -0.2) is 42.3 Å². The molecule has 0 saturated heterocycles. The Balaban J connectivity index is 1.44. The third kappa shape index (κ3) is 5.35. The molecule has 0 saturated carbocycles. The number of nitrogens with zero attached hydrogens (tertiary/aromatic N) is 2. The van der Waals surface area contributed by atoms with Crippen molar-refractivity contribution in [3.8, 4) is 17.2 Å². The van der Waals surface area contributed by atoms with Gasteiger partial charge in [0.1, 0.15) is 29.7 Å². The molecule has 9 nitrogen and oxygen atoms in total. The third-order valence-electron chi connectivity index (χ3n) is 5.62. The normalized spacial score (nSPS) is 15.5. The Bertz CT molecular complexity index is 1290. The summed E-state index contributed by atoms with van der Waals surface area (Å²) in [5.74, 6) is 0.292. The Hall–Kier alpha value is -3.08. The third-order valence-corrected chi connectivity index (χ3v) is 7.43. The minimum Gasteiger partial charge on any atom is -0.497 e. The largest absolute Gasteiger partial charge is 0.497 e. The number of aromatic nitrogens is 2. The highest BCUT2D eigenvalue weighted by Gasteiger charge is 2.26. The van der Waals surface area contributed by atoms with Crippen LogP contribution in [-0.2, 0) is 27.6 Å². The lowest BCUT2D eigenvalue weighted by molar-refractivity contribution is -0.137. The van der Waals surface area contributed by atoms with Gasteiger partial charge in [-0.05, 0) is 61.7 Å². The summed E-state index contributed by atoms with van der Waals surface area (Å²) in [6.45, 7) is -0.218. The van der Waals surface area contributed by atoms with Crippen LogP contribution in [0.2, 0.25) is 5.02 Å². The van der Waals surface area contributed by atoms with Crippen molar-refractivity contribution in [2.45, 2.75) is 36.7 Å². The second-order valence-electron chi connectivity index (χ2n) is 7.88. The zero-order valence-electron chi connectivity index (χ0n) is 18.4. The van der Waals surface area contributed by atoms with Crippen LogP contribution in [0.5, 0.6) is 17.2 Å². The average molecular weight is 506 g/mol. The first kappa shape index (κ1) is 24.1. The van der Waals surface area contributed by atoms with E-state index < -0.39 is 15.8 Å². The van der Waals surface area contributed by atoms with E-state index in [0.717, 1.165) is 24.1 Å². The first-order valence-corrected chi connectivity index (χ1v) is 12.6. The van der Waals surface area contributed by atoms with Gasteiger partial charge in [-0.25, -0.2) is 8.42 Å². The molecule has 2 N–H and O–H groups in total. The van der Waals surface area contributed by atoms with Crippen molar-refractivity contribution in [2.24, 2.45) is 0 Å². The smallest absolute Gasteiger partial charge is 0.325 e. The van der Waals surface area contributed by atoms with E-state index in [4.69, 9.17) is 26.2 Å². The van der Waals surface area contributed by atoms with E-state index in [1.165, 1.54) is 22.9 Å². The molecule has 0 aliphatic heterocycles. The number of rotatable bonds is 9. The first-order chi connectivity index (χ1) is 16.3. The van der Waals surface area contributed by atoms with Gasteiger partial charge < -0.3 is 14.6 Å². The molecule has 34 heavy (non-hydrogen) atoms. The quantitative estimate of drug-likeness (QED) is 0.450.